The lowest BCUT2D eigenvalue weighted by Gasteiger charge is -2.28. The van der Waals surface area contributed by atoms with Gasteiger partial charge in [0.05, 0.1) is 33.3 Å². The largest absolute Gasteiger partial charge is 0.497 e. The van der Waals surface area contributed by atoms with Crippen LogP contribution in [0.3, 0.4) is 0 Å². The molecule has 2 aliphatic heterocycles. The second-order valence-corrected chi connectivity index (χ2v) is 7.90. The minimum Gasteiger partial charge on any atom is -0.497 e. The average Bonchev–Trinajstić information content (AvgIpc) is 3.45. The van der Waals surface area contributed by atoms with Gasteiger partial charge in [0.25, 0.3) is 0 Å². The number of anilines is 1. The predicted octanol–water partition coefficient (Wildman–Crippen LogP) is 3.43. The Morgan fingerprint density at radius 3 is 2.35 bits per heavy atom. The van der Waals surface area contributed by atoms with Crippen LogP contribution in [0.15, 0.2) is 42.5 Å². The smallest absolute Gasteiger partial charge is 0.228 e. The van der Waals surface area contributed by atoms with E-state index in [2.05, 4.69) is 0 Å². The predicted molar refractivity (Wildman–Crippen MR) is 117 cm³/mol. The van der Waals surface area contributed by atoms with Gasteiger partial charge in [0, 0.05) is 36.8 Å². The molecule has 0 radical (unpaired) electrons. The number of benzene rings is 2. The zero-order valence-corrected chi connectivity index (χ0v) is 18.2. The minimum absolute atomic E-state index is 0.0266. The molecule has 2 fully saturated rings. The molecule has 0 aromatic heterocycles. The van der Waals surface area contributed by atoms with Gasteiger partial charge in [-0.1, -0.05) is 0 Å². The highest BCUT2D eigenvalue weighted by atomic mass is 16.5. The molecule has 2 heterocycles. The molecule has 2 aromatic carbocycles. The van der Waals surface area contributed by atoms with Gasteiger partial charge in [0.1, 0.15) is 17.2 Å². The minimum atomic E-state index is -0.348. The topological polar surface area (TPSA) is 68.3 Å². The van der Waals surface area contributed by atoms with E-state index in [1.165, 1.54) is 0 Å². The van der Waals surface area contributed by atoms with Crippen LogP contribution in [-0.4, -0.2) is 51.1 Å². The molecule has 164 valence electrons. The number of likely N-dealkylation sites (tertiary alicyclic amines) is 1. The van der Waals surface area contributed by atoms with Crippen molar-refractivity contribution in [2.45, 2.75) is 25.3 Å². The van der Waals surface area contributed by atoms with Crippen LogP contribution in [0.25, 0.3) is 0 Å². The first-order valence-corrected chi connectivity index (χ1v) is 10.5. The van der Waals surface area contributed by atoms with E-state index in [0.29, 0.717) is 24.6 Å². The van der Waals surface area contributed by atoms with E-state index < -0.39 is 0 Å². The molecule has 7 nitrogen and oxygen atoms in total. The van der Waals surface area contributed by atoms with Gasteiger partial charge in [-0.25, -0.2) is 0 Å². The normalized spacial score (nSPS) is 20.8. The summed E-state index contributed by atoms with van der Waals surface area (Å²) in [6.45, 7) is 1.08. The summed E-state index contributed by atoms with van der Waals surface area (Å²) in [4.78, 5) is 29.7. The molecule has 0 spiro atoms. The summed E-state index contributed by atoms with van der Waals surface area (Å²) in [6, 6.07) is 13.0. The maximum Gasteiger partial charge on any atom is 0.228 e. The lowest BCUT2D eigenvalue weighted by Crippen LogP contribution is -2.37. The standard InChI is InChI=1S/C24H28N2O5/c1-29-18-8-6-17(7-9-18)26-15-16(13-23(26)27)24(28)25-12-4-5-21(25)20-11-10-19(30-2)14-22(20)31-3/h6-11,14,16,21H,4-5,12-13,15H2,1-3H3/t16-,21-/m1/s1. The fourth-order valence-corrected chi connectivity index (χ4v) is 4.57. The molecule has 0 bridgehead atoms. The van der Waals surface area contributed by atoms with Crippen molar-refractivity contribution < 1.29 is 23.8 Å². The van der Waals surface area contributed by atoms with Crippen LogP contribution in [-0.2, 0) is 9.59 Å². The third-order valence-corrected chi connectivity index (χ3v) is 6.19. The maximum atomic E-state index is 13.4. The third kappa shape index (κ3) is 4.04. The Labute approximate surface area is 182 Å². The fourth-order valence-electron chi connectivity index (χ4n) is 4.57. The van der Waals surface area contributed by atoms with Gasteiger partial charge in [-0.2, -0.15) is 0 Å². The van der Waals surface area contributed by atoms with Crippen LogP contribution in [0.1, 0.15) is 30.9 Å². The number of nitrogens with zero attached hydrogens (tertiary/aromatic N) is 2. The summed E-state index contributed by atoms with van der Waals surface area (Å²) in [5.74, 6) is 1.82. The highest BCUT2D eigenvalue weighted by molar-refractivity contribution is 6.00. The van der Waals surface area contributed by atoms with Crippen molar-refractivity contribution in [3.8, 4) is 17.2 Å². The maximum absolute atomic E-state index is 13.4. The van der Waals surface area contributed by atoms with Gasteiger partial charge in [-0.15, -0.1) is 0 Å². The first kappa shape index (κ1) is 21.0. The SMILES string of the molecule is COc1ccc(N2C[C@H](C(=O)N3CCC[C@@H]3c3ccc(OC)cc3OC)CC2=O)cc1. The Balaban J connectivity index is 1.52. The number of ether oxygens (including phenoxy) is 3. The zero-order valence-electron chi connectivity index (χ0n) is 18.2. The average molecular weight is 424 g/mol. The molecule has 0 N–H and O–H groups in total. The molecular formula is C24H28N2O5. The van der Waals surface area contributed by atoms with E-state index in [4.69, 9.17) is 14.2 Å². The second-order valence-electron chi connectivity index (χ2n) is 7.90. The van der Waals surface area contributed by atoms with E-state index in [1.807, 2.05) is 47.4 Å². The number of hydrogen-bond acceptors (Lipinski definition) is 5. The van der Waals surface area contributed by atoms with Crippen LogP contribution < -0.4 is 19.1 Å². The highest BCUT2D eigenvalue weighted by Gasteiger charge is 2.41. The molecule has 0 unspecified atom stereocenters. The molecule has 4 rings (SSSR count). The van der Waals surface area contributed by atoms with Crippen molar-refractivity contribution >= 4 is 17.5 Å². The zero-order chi connectivity index (χ0) is 22.0. The lowest BCUT2D eigenvalue weighted by atomic mass is 10.0. The molecule has 0 saturated carbocycles. The Morgan fingerprint density at radius 2 is 1.68 bits per heavy atom. The Morgan fingerprint density at radius 1 is 0.968 bits per heavy atom. The van der Waals surface area contributed by atoms with E-state index in [9.17, 15) is 9.59 Å². The van der Waals surface area contributed by atoms with Gasteiger partial charge >= 0.3 is 0 Å². The molecule has 31 heavy (non-hydrogen) atoms. The van der Waals surface area contributed by atoms with Gasteiger partial charge in [-0.05, 0) is 49.2 Å². The molecule has 2 aromatic rings. The van der Waals surface area contributed by atoms with Crippen molar-refractivity contribution in [3.63, 3.8) is 0 Å². The van der Waals surface area contributed by atoms with Gasteiger partial charge < -0.3 is 24.0 Å². The number of carbonyl (C=O) groups excluding carboxylic acids is 2. The molecular weight excluding hydrogens is 396 g/mol. The molecule has 2 saturated heterocycles. The summed E-state index contributed by atoms with van der Waals surface area (Å²) in [5, 5.41) is 0. The summed E-state index contributed by atoms with van der Waals surface area (Å²) in [6.07, 6.45) is 2.03. The highest BCUT2D eigenvalue weighted by Crippen LogP contribution is 2.40. The van der Waals surface area contributed by atoms with E-state index in [0.717, 1.165) is 29.8 Å². The lowest BCUT2D eigenvalue weighted by molar-refractivity contribution is -0.136. The molecule has 2 amide bonds. The summed E-state index contributed by atoms with van der Waals surface area (Å²) >= 11 is 0. The van der Waals surface area contributed by atoms with Crippen molar-refractivity contribution in [2.24, 2.45) is 5.92 Å². The Hall–Kier alpha value is -3.22. The van der Waals surface area contributed by atoms with Gasteiger partial charge in [0.15, 0.2) is 0 Å². The number of carbonyl (C=O) groups is 2. The van der Waals surface area contributed by atoms with Crippen molar-refractivity contribution in [1.29, 1.82) is 0 Å². The first-order valence-electron chi connectivity index (χ1n) is 10.5. The number of methoxy groups -OCH3 is 3. The molecule has 0 aliphatic carbocycles. The molecule has 2 atom stereocenters. The quantitative estimate of drug-likeness (QED) is 0.711. The monoisotopic (exact) mass is 424 g/mol. The third-order valence-electron chi connectivity index (χ3n) is 6.19. The van der Waals surface area contributed by atoms with E-state index in [-0.39, 0.29) is 30.2 Å². The van der Waals surface area contributed by atoms with Crippen LogP contribution in [0, 0.1) is 5.92 Å². The fraction of sp³-hybridized carbons (Fsp3) is 0.417. The van der Waals surface area contributed by atoms with Gasteiger partial charge in [0.2, 0.25) is 11.8 Å². The van der Waals surface area contributed by atoms with Crippen LogP contribution in [0.4, 0.5) is 5.69 Å². The van der Waals surface area contributed by atoms with E-state index in [1.54, 1.807) is 26.2 Å². The van der Waals surface area contributed by atoms with Gasteiger partial charge in [-0.3, -0.25) is 9.59 Å². The summed E-state index contributed by atoms with van der Waals surface area (Å²) in [5.41, 5.74) is 1.77. The number of amides is 2. The molecule has 2 aliphatic rings. The van der Waals surface area contributed by atoms with E-state index >= 15 is 0 Å². The molecule has 7 heteroatoms. The van der Waals surface area contributed by atoms with Crippen LogP contribution in [0.2, 0.25) is 0 Å². The van der Waals surface area contributed by atoms with Crippen LogP contribution in [0.5, 0.6) is 17.2 Å². The number of hydrogen-bond donors (Lipinski definition) is 0. The first-order chi connectivity index (χ1) is 15.0. The Bertz CT molecular complexity index is 959. The van der Waals surface area contributed by atoms with Crippen LogP contribution >= 0.6 is 0 Å². The second kappa shape index (κ2) is 8.88. The summed E-state index contributed by atoms with van der Waals surface area (Å²) < 4.78 is 16.1. The summed E-state index contributed by atoms with van der Waals surface area (Å²) in [7, 11) is 4.85. The van der Waals surface area contributed by atoms with Crippen molar-refractivity contribution in [3.05, 3.63) is 48.0 Å². The Kier molecular flexibility index (Phi) is 6.02. The van der Waals surface area contributed by atoms with Crippen molar-refractivity contribution in [1.82, 2.24) is 4.90 Å². The van der Waals surface area contributed by atoms with Crippen molar-refractivity contribution in [2.75, 3.05) is 39.3 Å². The number of rotatable bonds is 6.